The van der Waals surface area contributed by atoms with Gasteiger partial charge in [0, 0.05) is 25.4 Å². The molecule has 0 aliphatic carbocycles. The molecule has 3 aromatic rings. The molecule has 0 radical (unpaired) electrons. The summed E-state index contributed by atoms with van der Waals surface area (Å²) < 4.78 is 2.72. The number of hydrogen-bond donors (Lipinski definition) is 0. The molecule has 0 aliphatic heterocycles. The Morgan fingerprint density at radius 3 is 2.90 bits per heavy atom. The van der Waals surface area contributed by atoms with Gasteiger partial charge in [-0.1, -0.05) is 17.3 Å². The van der Waals surface area contributed by atoms with Crippen molar-refractivity contribution in [3.63, 3.8) is 0 Å². The summed E-state index contributed by atoms with van der Waals surface area (Å²) in [6.45, 7) is 0.358. The lowest BCUT2D eigenvalue weighted by Crippen LogP contribution is -2.24. The van der Waals surface area contributed by atoms with Crippen molar-refractivity contribution in [1.29, 1.82) is 0 Å². The summed E-state index contributed by atoms with van der Waals surface area (Å²) in [5.74, 6) is -0.0608. The highest BCUT2D eigenvalue weighted by Crippen LogP contribution is 2.04. The van der Waals surface area contributed by atoms with Crippen molar-refractivity contribution >= 4 is 16.8 Å². The second-order valence-electron chi connectivity index (χ2n) is 4.60. The van der Waals surface area contributed by atoms with Crippen LogP contribution in [0.25, 0.3) is 10.9 Å². The molecule has 1 aromatic carbocycles. The molecule has 7 heteroatoms. The topological polar surface area (TPSA) is 82.7 Å². The van der Waals surface area contributed by atoms with Crippen molar-refractivity contribution in [2.24, 2.45) is 0 Å². The zero-order chi connectivity index (χ0) is 14.7. The van der Waals surface area contributed by atoms with Crippen molar-refractivity contribution in [2.75, 3.05) is 0 Å². The standard InChI is InChI=1S/C14H13N5O2/c20-13(18-9-7-15-10-18)6-3-8-19-14(21)11-4-1-2-5-12(11)16-17-19/h1-2,4-5,7,9-10H,3,6,8H2. The zero-order valence-electron chi connectivity index (χ0n) is 11.2. The second-order valence-corrected chi connectivity index (χ2v) is 4.60. The average molecular weight is 283 g/mol. The van der Waals surface area contributed by atoms with Gasteiger partial charge >= 0.3 is 0 Å². The Morgan fingerprint density at radius 1 is 1.24 bits per heavy atom. The highest BCUT2D eigenvalue weighted by Gasteiger charge is 2.07. The zero-order valence-corrected chi connectivity index (χ0v) is 11.2. The van der Waals surface area contributed by atoms with Crippen LogP contribution in [0.4, 0.5) is 0 Å². The molecular formula is C14H13N5O2. The first-order chi connectivity index (χ1) is 10.3. The van der Waals surface area contributed by atoms with Gasteiger partial charge in [0.15, 0.2) is 0 Å². The van der Waals surface area contributed by atoms with E-state index in [9.17, 15) is 9.59 Å². The van der Waals surface area contributed by atoms with Crippen LogP contribution in [0, 0.1) is 0 Å². The van der Waals surface area contributed by atoms with Crippen LogP contribution in [-0.2, 0) is 6.54 Å². The molecule has 0 atom stereocenters. The van der Waals surface area contributed by atoms with E-state index in [1.165, 1.54) is 15.6 Å². The second kappa shape index (κ2) is 5.66. The number of rotatable bonds is 4. The number of benzene rings is 1. The van der Waals surface area contributed by atoms with Crippen LogP contribution >= 0.6 is 0 Å². The maximum Gasteiger partial charge on any atom is 0.277 e. The van der Waals surface area contributed by atoms with E-state index < -0.39 is 0 Å². The number of aryl methyl sites for hydroxylation is 1. The monoisotopic (exact) mass is 283 g/mol. The molecule has 2 aromatic heterocycles. The molecule has 0 amide bonds. The number of fused-ring (bicyclic) bond motifs is 1. The van der Waals surface area contributed by atoms with E-state index in [4.69, 9.17) is 0 Å². The van der Waals surface area contributed by atoms with Crippen LogP contribution in [0.3, 0.4) is 0 Å². The van der Waals surface area contributed by atoms with E-state index in [0.717, 1.165) is 0 Å². The Bertz CT molecular complexity index is 823. The first kappa shape index (κ1) is 13.2. The molecule has 3 rings (SSSR count). The molecule has 2 heterocycles. The molecule has 7 nitrogen and oxygen atoms in total. The lowest BCUT2D eigenvalue weighted by molar-refractivity contribution is 0.0897. The van der Waals surface area contributed by atoms with Gasteiger partial charge in [-0.2, -0.15) is 0 Å². The van der Waals surface area contributed by atoms with E-state index in [1.54, 1.807) is 30.6 Å². The first-order valence-corrected chi connectivity index (χ1v) is 6.59. The van der Waals surface area contributed by atoms with Crippen LogP contribution in [0.15, 0.2) is 47.8 Å². The third kappa shape index (κ3) is 2.71. The fourth-order valence-electron chi connectivity index (χ4n) is 2.09. The van der Waals surface area contributed by atoms with Crippen LogP contribution in [0.2, 0.25) is 0 Å². The van der Waals surface area contributed by atoms with Crippen molar-refractivity contribution < 1.29 is 4.79 Å². The van der Waals surface area contributed by atoms with Crippen LogP contribution in [0.1, 0.15) is 17.6 Å². The Hall–Kier alpha value is -2.83. The van der Waals surface area contributed by atoms with Crippen LogP contribution in [0.5, 0.6) is 0 Å². The van der Waals surface area contributed by atoms with Gasteiger partial charge in [0.25, 0.3) is 5.56 Å². The number of hydrogen-bond acceptors (Lipinski definition) is 5. The van der Waals surface area contributed by atoms with Gasteiger partial charge < -0.3 is 0 Å². The highest BCUT2D eigenvalue weighted by atomic mass is 16.2. The Morgan fingerprint density at radius 2 is 2.10 bits per heavy atom. The summed E-state index contributed by atoms with van der Waals surface area (Å²) in [6, 6.07) is 7.07. The summed E-state index contributed by atoms with van der Waals surface area (Å²) in [7, 11) is 0. The normalized spacial score (nSPS) is 10.9. The minimum absolute atomic E-state index is 0.0608. The molecule has 0 saturated carbocycles. The quantitative estimate of drug-likeness (QED) is 0.716. The predicted octanol–water partition coefficient (Wildman–Crippen LogP) is 1.11. The fourth-order valence-corrected chi connectivity index (χ4v) is 2.09. The maximum atomic E-state index is 12.2. The van der Waals surface area contributed by atoms with Gasteiger partial charge in [-0.3, -0.25) is 14.2 Å². The molecule has 0 saturated heterocycles. The van der Waals surface area contributed by atoms with E-state index in [1.807, 2.05) is 6.07 Å². The molecule has 21 heavy (non-hydrogen) atoms. The largest absolute Gasteiger partial charge is 0.277 e. The van der Waals surface area contributed by atoms with Crippen LogP contribution in [-0.4, -0.2) is 30.5 Å². The Kier molecular flexibility index (Phi) is 3.55. The highest BCUT2D eigenvalue weighted by molar-refractivity contribution is 5.78. The van der Waals surface area contributed by atoms with Crippen molar-refractivity contribution in [3.8, 4) is 0 Å². The van der Waals surface area contributed by atoms with E-state index >= 15 is 0 Å². The minimum atomic E-state index is -0.185. The third-order valence-corrected chi connectivity index (χ3v) is 3.18. The SMILES string of the molecule is O=C(CCCn1nnc2ccccc2c1=O)n1ccnc1. The van der Waals surface area contributed by atoms with Gasteiger partial charge in [0.1, 0.15) is 11.8 Å². The predicted molar refractivity (Wildman–Crippen MR) is 75.9 cm³/mol. The van der Waals surface area contributed by atoms with Crippen molar-refractivity contribution in [2.45, 2.75) is 19.4 Å². The van der Waals surface area contributed by atoms with Gasteiger partial charge in [-0.15, -0.1) is 5.10 Å². The maximum absolute atomic E-state index is 12.2. The molecule has 0 spiro atoms. The molecular weight excluding hydrogens is 270 g/mol. The number of nitrogens with zero attached hydrogens (tertiary/aromatic N) is 5. The summed E-state index contributed by atoms with van der Waals surface area (Å²) in [5.41, 5.74) is 0.393. The molecule has 106 valence electrons. The van der Waals surface area contributed by atoms with E-state index in [2.05, 4.69) is 15.3 Å². The van der Waals surface area contributed by atoms with Crippen molar-refractivity contribution in [1.82, 2.24) is 24.5 Å². The lowest BCUT2D eigenvalue weighted by atomic mass is 10.2. The van der Waals surface area contributed by atoms with Gasteiger partial charge in [0.2, 0.25) is 5.91 Å². The Labute approximate surface area is 119 Å². The van der Waals surface area contributed by atoms with Gasteiger partial charge in [0.05, 0.1) is 5.39 Å². The van der Waals surface area contributed by atoms with E-state index in [-0.39, 0.29) is 11.5 Å². The smallest absolute Gasteiger partial charge is 0.276 e. The molecule has 0 aliphatic rings. The first-order valence-electron chi connectivity index (χ1n) is 6.59. The number of imidazole rings is 1. The molecule has 0 N–H and O–H groups in total. The summed E-state index contributed by atoms with van der Waals surface area (Å²) in [6.07, 6.45) is 5.45. The molecule has 0 fully saturated rings. The lowest BCUT2D eigenvalue weighted by Gasteiger charge is -2.04. The fraction of sp³-hybridized carbons (Fsp3) is 0.214. The van der Waals surface area contributed by atoms with Gasteiger partial charge in [-0.25, -0.2) is 9.67 Å². The molecule has 0 unspecified atom stereocenters. The van der Waals surface area contributed by atoms with E-state index in [0.29, 0.717) is 30.3 Å². The average Bonchev–Trinajstić information content (AvgIpc) is 3.04. The Balaban J connectivity index is 1.70. The van der Waals surface area contributed by atoms with Crippen molar-refractivity contribution in [3.05, 3.63) is 53.3 Å². The summed E-state index contributed by atoms with van der Waals surface area (Å²) in [4.78, 5) is 27.8. The van der Waals surface area contributed by atoms with Gasteiger partial charge in [-0.05, 0) is 18.6 Å². The summed E-state index contributed by atoms with van der Waals surface area (Å²) >= 11 is 0. The number of carbonyl (C=O) groups is 1. The number of carbonyl (C=O) groups excluding carboxylic acids is 1. The molecule has 0 bridgehead atoms. The minimum Gasteiger partial charge on any atom is -0.276 e. The van der Waals surface area contributed by atoms with Crippen LogP contribution < -0.4 is 5.56 Å². The summed E-state index contributed by atoms with van der Waals surface area (Å²) in [5, 5.41) is 8.43. The number of aromatic nitrogens is 5. The third-order valence-electron chi connectivity index (χ3n) is 3.18.